The molecule has 0 aliphatic heterocycles. The molecule has 0 aliphatic rings. The Labute approximate surface area is 287 Å². The van der Waals surface area contributed by atoms with Crippen LogP contribution in [-0.4, -0.2) is 4.98 Å². The monoisotopic (exact) mass is 664 g/mol. The van der Waals surface area contributed by atoms with Crippen molar-refractivity contribution in [3.63, 3.8) is 0 Å². The fourth-order valence-corrected chi connectivity index (χ4v) is 9.36. The van der Waals surface area contributed by atoms with E-state index in [9.17, 15) is 0 Å². The van der Waals surface area contributed by atoms with E-state index in [2.05, 4.69) is 120 Å². The maximum atomic E-state index is 6.22. The average molecular weight is 665 g/mol. The molecule has 6 heteroatoms. The second-order valence-electron chi connectivity index (χ2n) is 12.3. The van der Waals surface area contributed by atoms with E-state index in [0.717, 1.165) is 77.0 Å². The summed E-state index contributed by atoms with van der Waals surface area (Å²) >= 11 is 3.58. The van der Waals surface area contributed by atoms with Gasteiger partial charge in [-0.3, -0.25) is 0 Å². The van der Waals surface area contributed by atoms with Gasteiger partial charge in [-0.1, -0.05) is 72.8 Å². The molecule has 49 heavy (non-hydrogen) atoms. The Bertz CT molecular complexity index is 2960. The van der Waals surface area contributed by atoms with Crippen LogP contribution in [0.1, 0.15) is 0 Å². The molecular formula is C43H24N2O2S2. The van der Waals surface area contributed by atoms with E-state index in [0.29, 0.717) is 0 Å². The summed E-state index contributed by atoms with van der Waals surface area (Å²) in [6, 6.07) is 51.2. The summed E-state index contributed by atoms with van der Waals surface area (Å²) in [6.07, 6.45) is 0. The molecule has 0 unspecified atom stereocenters. The van der Waals surface area contributed by atoms with Crippen LogP contribution in [-0.2, 0) is 0 Å². The number of nitrogens with zero attached hydrogens (tertiary/aromatic N) is 2. The maximum Gasteiger partial charge on any atom is 0.135 e. The Balaban J connectivity index is 1.13. The molecule has 0 radical (unpaired) electrons. The lowest BCUT2D eigenvalue weighted by molar-refractivity contribution is 0.668. The molecule has 0 N–H and O–H groups in total. The van der Waals surface area contributed by atoms with Gasteiger partial charge in [0.05, 0.1) is 10.2 Å². The van der Waals surface area contributed by atoms with Crippen LogP contribution < -0.4 is 4.90 Å². The summed E-state index contributed by atoms with van der Waals surface area (Å²) in [5, 5.41) is 7.91. The van der Waals surface area contributed by atoms with Gasteiger partial charge in [0, 0.05) is 64.3 Å². The van der Waals surface area contributed by atoms with Gasteiger partial charge in [0.15, 0.2) is 0 Å². The molecule has 11 aromatic rings. The minimum absolute atomic E-state index is 0.878. The summed E-state index contributed by atoms with van der Waals surface area (Å²) < 4.78 is 16.1. The largest absolute Gasteiger partial charge is 0.456 e. The number of aromatic nitrogens is 1. The third-order valence-corrected chi connectivity index (χ3v) is 11.7. The van der Waals surface area contributed by atoms with Gasteiger partial charge in [0.1, 0.15) is 27.3 Å². The van der Waals surface area contributed by atoms with E-state index in [1.54, 1.807) is 11.3 Å². The molecule has 4 heterocycles. The molecule has 0 aliphatic carbocycles. The molecule has 0 spiro atoms. The maximum absolute atomic E-state index is 6.22. The van der Waals surface area contributed by atoms with Crippen molar-refractivity contribution in [3.8, 4) is 10.6 Å². The Hall–Kier alpha value is -5.95. The average Bonchev–Trinajstić information content (AvgIpc) is 3.92. The second-order valence-corrected chi connectivity index (χ2v) is 14.5. The zero-order valence-electron chi connectivity index (χ0n) is 25.9. The number of thiophene rings is 1. The Morgan fingerprint density at radius 3 is 1.69 bits per heavy atom. The first kappa shape index (κ1) is 27.0. The number of anilines is 3. The molecule has 0 atom stereocenters. The van der Waals surface area contributed by atoms with E-state index in [1.807, 2.05) is 41.7 Å². The Kier molecular flexibility index (Phi) is 5.67. The van der Waals surface area contributed by atoms with Gasteiger partial charge in [-0.25, -0.2) is 4.98 Å². The van der Waals surface area contributed by atoms with Gasteiger partial charge in [0.2, 0.25) is 0 Å². The minimum Gasteiger partial charge on any atom is -0.456 e. The summed E-state index contributed by atoms with van der Waals surface area (Å²) in [7, 11) is 0. The number of thiazole rings is 1. The number of hydrogen-bond acceptors (Lipinski definition) is 6. The molecule has 4 nitrogen and oxygen atoms in total. The van der Waals surface area contributed by atoms with Crippen LogP contribution in [0.15, 0.2) is 154 Å². The van der Waals surface area contributed by atoms with Crippen LogP contribution in [0, 0.1) is 0 Å². The lowest BCUT2D eigenvalue weighted by Gasteiger charge is -2.25. The molecule has 7 aromatic carbocycles. The standard InChI is InChI=1S/C43H24N2O2S2/c1-2-8-25(9-3-1)43-44-42-39(49-43)21-20-38-41(42)31-17-14-28(24-40(31)48-38)45(26-15-18-36-32(22-26)29-10-4-6-12-34(29)46-36)27-16-19-37-33(23-27)30-11-5-7-13-35(30)47-37/h1-24H. The van der Waals surface area contributed by atoms with Gasteiger partial charge in [-0.05, 0) is 72.8 Å². The van der Waals surface area contributed by atoms with Crippen molar-refractivity contribution in [2.75, 3.05) is 4.90 Å². The van der Waals surface area contributed by atoms with Crippen LogP contribution >= 0.6 is 22.7 Å². The Morgan fingerprint density at radius 1 is 0.429 bits per heavy atom. The van der Waals surface area contributed by atoms with Crippen LogP contribution in [0.5, 0.6) is 0 Å². The predicted molar refractivity (Wildman–Crippen MR) is 207 cm³/mol. The van der Waals surface area contributed by atoms with E-state index in [4.69, 9.17) is 13.8 Å². The number of benzene rings is 7. The van der Waals surface area contributed by atoms with Gasteiger partial charge in [-0.2, -0.15) is 0 Å². The third-order valence-electron chi connectivity index (χ3n) is 9.49. The van der Waals surface area contributed by atoms with Crippen molar-refractivity contribution < 1.29 is 8.83 Å². The lowest BCUT2D eigenvalue weighted by atomic mass is 10.1. The van der Waals surface area contributed by atoms with Gasteiger partial charge in [-0.15, -0.1) is 22.7 Å². The fourth-order valence-electron chi connectivity index (χ4n) is 7.24. The summed E-state index contributed by atoms with van der Waals surface area (Å²) in [5.41, 5.74) is 8.96. The topological polar surface area (TPSA) is 42.4 Å². The fraction of sp³-hybridized carbons (Fsp3) is 0. The smallest absolute Gasteiger partial charge is 0.135 e. The van der Waals surface area contributed by atoms with Gasteiger partial charge >= 0.3 is 0 Å². The first-order valence-electron chi connectivity index (χ1n) is 16.2. The number of rotatable bonds is 4. The van der Waals surface area contributed by atoms with Crippen LogP contribution in [0.3, 0.4) is 0 Å². The van der Waals surface area contributed by atoms with Gasteiger partial charge < -0.3 is 13.7 Å². The zero-order chi connectivity index (χ0) is 32.1. The number of fused-ring (bicyclic) bond motifs is 11. The predicted octanol–water partition coefficient (Wildman–Crippen LogP) is 13.6. The zero-order valence-corrected chi connectivity index (χ0v) is 27.5. The van der Waals surface area contributed by atoms with Crippen molar-refractivity contribution >= 4 is 114 Å². The minimum atomic E-state index is 0.878. The summed E-state index contributed by atoms with van der Waals surface area (Å²) in [5.74, 6) is 0. The molecular weight excluding hydrogens is 641 g/mol. The number of furan rings is 2. The molecule has 0 saturated carbocycles. The molecule has 4 aromatic heterocycles. The molecule has 0 bridgehead atoms. The molecule has 0 saturated heterocycles. The quantitative estimate of drug-likeness (QED) is 0.188. The van der Waals surface area contributed by atoms with Crippen molar-refractivity contribution in [2.24, 2.45) is 0 Å². The first-order valence-corrected chi connectivity index (χ1v) is 17.8. The highest BCUT2D eigenvalue weighted by atomic mass is 32.1. The van der Waals surface area contributed by atoms with E-state index >= 15 is 0 Å². The number of hydrogen-bond donors (Lipinski definition) is 0. The van der Waals surface area contributed by atoms with Crippen molar-refractivity contribution in [1.29, 1.82) is 0 Å². The molecule has 11 rings (SSSR count). The summed E-state index contributed by atoms with van der Waals surface area (Å²) in [4.78, 5) is 7.53. The normalized spacial score (nSPS) is 12.1. The SMILES string of the molecule is c1ccc(-c2nc3c(ccc4sc5cc(N(c6ccc7oc8ccccc8c7c6)c6ccc7oc8ccccc8c7c6)ccc5c43)s2)cc1. The Morgan fingerprint density at radius 2 is 1.00 bits per heavy atom. The van der Waals surface area contributed by atoms with Crippen LogP contribution in [0.4, 0.5) is 17.1 Å². The van der Waals surface area contributed by atoms with Gasteiger partial charge in [0.25, 0.3) is 0 Å². The lowest BCUT2D eigenvalue weighted by Crippen LogP contribution is -2.09. The highest BCUT2D eigenvalue weighted by Gasteiger charge is 2.20. The van der Waals surface area contributed by atoms with Crippen molar-refractivity contribution in [2.45, 2.75) is 0 Å². The highest BCUT2D eigenvalue weighted by Crippen LogP contribution is 2.46. The molecule has 230 valence electrons. The van der Waals surface area contributed by atoms with Crippen LogP contribution in [0.25, 0.3) is 84.8 Å². The van der Waals surface area contributed by atoms with E-state index < -0.39 is 0 Å². The van der Waals surface area contributed by atoms with Crippen molar-refractivity contribution in [3.05, 3.63) is 146 Å². The second kappa shape index (κ2) is 10.3. The third kappa shape index (κ3) is 4.11. The van der Waals surface area contributed by atoms with E-state index in [1.165, 1.54) is 24.9 Å². The first-order chi connectivity index (χ1) is 24.2. The molecule has 0 amide bonds. The molecule has 0 fully saturated rings. The number of para-hydroxylation sites is 2. The van der Waals surface area contributed by atoms with E-state index in [-0.39, 0.29) is 0 Å². The van der Waals surface area contributed by atoms with Crippen LogP contribution in [0.2, 0.25) is 0 Å². The summed E-state index contributed by atoms with van der Waals surface area (Å²) in [6.45, 7) is 0. The highest BCUT2D eigenvalue weighted by molar-refractivity contribution is 7.26. The van der Waals surface area contributed by atoms with Crippen molar-refractivity contribution in [1.82, 2.24) is 4.98 Å².